The van der Waals surface area contributed by atoms with E-state index in [2.05, 4.69) is 88.0 Å². The number of hydrogen-bond acceptors (Lipinski definition) is 2. The second-order valence-electron chi connectivity index (χ2n) is 9.36. The average Bonchev–Trinajstić information content (AvgIpc) is 3.21. The van der Waals surface area contributed by atoms with Gasteiger partial charge < -0.3 is 4.42 Å². The Balaban J connectivity index is 1.69. The van der Waals surface area contributed by atoms with Crippen molar-refractivity contribution in [3.05, 3.63) is 83.3 Å². The average molecular weight is 406 g/mol. The number of fused-ring (bicyclic) bond motifs is 6. The molecular formula is C28H25N2O+. The van der Waals surface area contributed by atoms with Crippen LogP contribution in [0.2, 0.25) is 0 Å². The van der Waals surface area contributed by atoms with Gasteiger partial charge in [-0.2, -0.15) is 0 Å². The molecule has 0 saturated carbocycles. The third kappa shape index (κ3) is 2.40. The summed E-state index contributed by atoms with van der Waals surface area (Å²) in [5, 5.41) is 2.33. The summed E-state index contributed by atoms with van der Waals surface area (Å²) in [5.74, 6) is 0. The molecular weight excluding hydrogens is 380 g/mol. The Labute approximate surface area is 182 Å². The molecule has 0 bridgehead atoms. The lowest BCUT2D eigenvalue weighted by Gasteiger charge is -2.19. The van der Waals surface area contributed by atoms with Gasteiger partial charge in [0.2, 0.25) is 5.69 Å². The fourth-order valence-electron chi connectivity index (χ4n) is 5.30. The lowest BCUT2D eigenvalue weighted by Crippen LogP contribution is -2.31. The van der Waals surface area contributed by atoms with E-state index in [1.807, 2.05) is 12.3 Å². The highest BCUT2D eigenvalue weighted by Crippen LogP contribution is 2.50. The molecule has 0 radical (unpaired) electrons. The van der Waals surface area contributed by atoms with Gasteiger partial charge in [0.25, 0.3) is 0 Å². The topological polar surface area (TPSA) is 29.9 Å². The van der Waals surface area contributed by atoms with Crippen LogP contribution in [0.4, 0.5) is 0 Å². The molecule has 3 nitrogen and oxygen atoms in total. The third-order valence-corrected chi connectivity index (χ3v) is 6.89. The van der Waals surface area contributed by atoms with E-state index in [9.17, 15) is 0 Å². The fraction of sp³-hybridized carbons (Fsp3) is 0.214. The van der Waals surface area contributed by atoms with E-state index in [1.165, 1.54) is 27.8 Å². The molecule has 0 fully saturated rings. The molecule has 6 rings (SSSR count). The number of aryl methyl sites for hydroxylation is 3. The zero-order valence-electron chi connectivity index (χ0n) is 18.6. The van der Waals surface area contributed by atoms with E-state index < -0.39 is 0 Å². The van der Waals surface area contributed by atoms with Crippen molar-refractivity contribution in [2.75, 3.05) is 0 Å². The molecule has 2 aromatic carbocycles. The Morgan fingerprint density at radius 3 is 2.58 bits per heavy atom. The summed E-state index contributed by atoms with van der Waals surface area (Å²) in [7, 11) is 2.10. The molecule has 1 aliphatic rings. The van der Waals surface area contributed by atoms with E-state index in [-0.39, 0.29) is 5.41 Å². The van der Waals surface area contributed by atoms with Gasteiger partial charge in [0.05, 0.1) is 11.3 Å². The summed E-state index contributed by atoms with van der Waals surface area (Å²) in [5.41, 5.74) is 11.5. The van der Waals surface area contributed by atoms with Gasteiger partial charge in [-0.05, 0) is 54.8 Å². The molecule has 3 heterocycles. The van der Waals surface area contributed by atoms with Gasteiger partial charge in [-0.1, -0.05) is 32.0 Å². The maximum Gasteiger partial charge on any atom is 0.216 e. The first kappa shape index (κ1) is 18.3. The standard InChI is InChI=1S/C28H25N2O/c1-16-8-11-23(30(5)15-16)25-17(2)9-10-18-21-13-20-19-7-6-12-29-27(19)28(3,4)22(20)14-24(21)31-26(18)25/h6-15H,1-5H3/q+1. The van der Waals surface area contributed by atoms with Gasteiger partial charge in [-0.15, -0.1) is 0 Å². The van der Waals surface area contributed by atoms with Crippen molar-refractivity contribution in [3.63, 3.8) is 0 Å². The Morgan fingerprint density at radius 2 is 1.77 bits per heavy atom. The Morgan fingerprint density at radius 1 is 0.935 bits per heavy atom. The number of rotatable bonds is 1. The molecule has 3 aromatic heterocycles. The van der Waals surface area contributed by atoms with Crippen molar-refractivity contribution >= 4 is 21.9 Å². The van der Waals surface area contributed by atoms with Crippen LogP contribution in [0, 0.1) is 13.8 Å². The summed E-state index contributed by atoms with van der Waals surface area (Å²) in [6, 6.07) is 17.5. The number of pyridine rings is 2. The highest BCUT2D eigenvalue weighted by atomic mass is 16.3. The molecule has 0 amide bonds. The maximum absolute atomic E-state index is 6.59. The van der Waals surface area contributed by atoms with Crippen molar-refractivity contribution in [2.45, 2.75) is 33.1 Å². The number of benzene rings is 2. The lowest BCUT2D eigenvalue weighted by molar-refractivity contribution is -0.660. The Hall–Kier alpha value is -3.46. The van der Waals surface area contributed by atoms with Crippen LogP contribution in [0.1, 0.15) is 36.2 Å². The van der Waals surface area contributed by atoms with E-state index in [4.69, 9.17) is 9.40 Å². The first-order valence-corrected chi connectivity index (χ1v) is 10.8. The number of hydrogen-bond donors (Lipinski definition) is 0. The second-order valence-corrected chi connectivity index (χ2v) is 9.36. The predicted molar refractivity (Wildman–Crippen MR) is 125 cm³/mol. The molecule has 0 unspecified atom stereocenters. The Kier molecular flexibility index (Phi) is 3.57. The predicted octanol–water partition coefficient (Wildman–Crippen LogP) is 6.40. The summed E-state index contributed by atoms with van der Waals surface area (Å²) < 4.78 is 8.78. The normalized spacial score (nSPS) is 14.2. The number of nitrogens with zero attached hydrogens (tertiary/aromatic N) is 2. The van der Waals surface area contributed by atoms with Crippen molar-refractivity contribution in [1.82, 2.24) is 4.98 Å². The number of aromatic nitrogens is 2. The van der Waals surface area contributed by atoms with Gasteiger partial charge in [-0.3, -0.25) is 4.98 Å². The first-order valence-electron chi connectivity index (χ1n) is 10.8. The van der Waals surface area contributed by atoms with E-state index in [0.29, 0.717) is 0 Å². The summed E-state index contributed by atoms with van der Waals surface area (Å²) in [6.45, 7) is 8.78. The molecule has 0 N–H and O–H groups in total. The summed E-state index contributed by atoms with van der Waals surface area (Å²) in [4.78, 5) is 4.71. The minimum absolute atomic E-state index is 0.138. The monoisotopic (exact) mass is 405 g/mol. The van der Waals surface area contributed by atoms with Crippen LogP contribution in [-0.2, 0) is 12.5 Å². The minimum atomic E-state index is -0.138. The van der Waals surface area contributed by atoms with Gasteiger partial charge >= 0.3 is 0 Å². The minimum Gasteiger partial charge on any atom is -0.455 e. The number of furan rings is 1. The maximum atomic E-state index is 6.59. The largest absolute Gasteiger partial charge is 0.455 e. The van der Waals surface area contributed by atoms with Gasteiger partial charge in [0.15, 0.2) is 6.20 Å². The van der Waals surface area contributed by atoms with Gasteiger partial charge in [0.1, 0.15) is 18.2 Å². The van der Waals surface area contributed by atoms with Crippen LogP contribution in [-0.4, -0.2) is 4.98 Å². The molecule has 0 spiro atoms. The fourth-order valence-corrected chi connectivity index (χ4v) is 5.30. The van der Waals surface area contributed by atoms with E-state index >= 15 is 0 Å². The molecule has 3 heteroatoms. The van der Waals surface area contributed by atoms with Crippen molar-refractivity contribution < 1.29 is 8.98 Å². The van der Waals surface area contributed by atoms with Crippen molar-refractivity contribution in [1.29, 1.82) is 0 Å². The van der Waals surface area contributed by atoms with Crippen LogP contribution >= 0.6 is 0 Å². The third-order valence-electron chi connectivity index (χ3n) is 6.89. The van der Waals surface area contributed by atoms with E-state index in [0.717, 1.165) is 38.9 Å². The van der Waals surface area contributed by atoms with Crippen LogP contribution in [0.25, 0.3) is 44.3 Å². The molecule has 0 aliphatic heterocycles. The van der Waals surface area contributed by atoms with Crippen LogP contribution < -0.4 is 4.57 Å². The summed E-state index contributed by atoms with van der Waals surface area (Å²) in [6.07, 6.45) is 4.06. The second kappa shape index (κ2) is 6.04. The molecule has 1 aliphatic carbocycles. The summed E-state index contributed by atoms with van der Waals surface area (Å²) >= 11 is 0. The Bertz CT molecular complexity index is 1540. The molecule has 0 saturated heterocycles. The zero-order valence-corrected chi connectivity index (χ0v) is 18.6. The molecule has 31 heavy (non-hydrogen) atoms. The zero-order chi connectivity index (χ0) is 21.5. The van der Waals surface area contributed by atoms with Gasteiger partial charge in [-0.25, -0.2) is 4.57 Å². The van der Waals surface area contributed by atoms with Crippen molar-refractivity contribution in [3.8, 4) is 22.4 Å². The molecule has 152 valence electrons. The first-order chi connectivity index (χ1) is 14.9. The van der Waals surface area contributed by atoms with Crippen molar-refractivity contribution in [2.24, 2.45) is 7.05 Å². The highest BCUT2D eigenvalue weighted by molar-refractivity contribution is 6.11. The quantitative estimate of drug-likeness (QED) is 0.302. The SMILES string of the molecule is Cc1ccc(-c2c(C)ccc3c2oc2cc4c(cc23)-c2cccnc2C4(C)C)[n+](C)c1. The van der Waals surface area contributed by atoms with E-state index in [1.54, 1.807) is 0 Å². The highest BCUT2D eigenvalue weighted by Gasteiger charge is 2.37. The van der Waals surface area contributed by atoms with Crippen LogP contribution in [0.3, 0.4) is 0 Å². The lowest BCUT2D eigenvalue weighted by atomic mass is 9.85. The smallest absolute Gasteiger partial charge is 0.216 e. The van der Waals surface area contributed by atoms with Crippen LogP contribution in [0.5, 0.6) is 0 Å². The molecule has 0 atom stereocenters. The molecule has 5 aromatic rings. The van der Waals surface area contributed by atoms with Gasteiger partial charge in [0, 0.05) is 39.6 Å². The van der Waals surface area contributed by atoms with Crippen LogP contribution in [0.15, 0.2) is 65.3 Å².